The lowest BCUT2D eigenvalue weighted by molar-refractivity contribution is -0.114. The third-order valence-corrected chi connectivity index (χ3v) is 5.19. The number of amides is 1. The van der Waals surface area contributed by atoms with Crippen LogP contribution in [0.3, 0.4) is 0 Å². The molecule has 0 unspecified atom stereocenters. The van der Waals surface area contributed by atoms with E-state index in [-0.39, 0.29) is 11.5 Å². The molecule has 0 saturated carbocycles. The van der Waals surface area contributed by atoms with Crippen molar-refractivity contribution in [1.82, 2.24) is 0 Å². The van der Waals surface area contributed by atoms with Gasteiger partial charge < -0.3 is 21.7 Å². The first-order valence-corrected chi connectivity index (χ1v) is 9.79. The van der Waals surface area contributed by atoms with Crippen LogP contribution in [-0.2, 0) is 11.2 Å². The minimum Gasteiger partial charge on any atom is -0.504 e. The first kappa shape index (κ1) is 20.2. The topological polar surface area (TPSA) is 122 Å². The molecule has 0 atom stereocenters. The van der Waals surface area contributed by atoms with Crippen molar-refractivity contribution in [1.29, 1.82) is 0 Å². The first-order chi connectivity index (χ1) is 13.9. The van der Waals surface area contributed by atoms with Gasteiger partial charge in [0.25, 0.3) is 0 Å². The molecular formula is C22H21N3O3S. The molecule has 3 aromatic rings. The normalized spacial score (nSPS) is 12.1. The molecule has 6 nitrogen and oxygen atoms in total. The number of nitrogens with two attached hydrogens (primary N) is 2. The Hall–Kier alpha value is -3.58. The van der Waals surface area contributed by atoms with Crippen molar-refractivity contribution in [3.63, 3.8) is 0 Å². The number of amidine groups is 1. The highest BCUT2D eigenvalue weighted by Crippen LogP contribution is 2.26. The van der Waals surface area contributed by atoms with Crippen LogP contribution in [0.5, 0.6) is 11.5 Å². The minimum atomic E-state index is -0.525. The van der Waals surface area contributed by atoms with Crippen LogP contribution in [0.25, 0.3) is 6.08 Å². The zero-order valence-electron chi connectivity index (χ0n) is 15.6. The van der Waals surface area contributed by atoms with Gasteiger partial charge in [-0.25, -0.2) is 4.99 Å². The average molecular weight is 407 g/mol. The molecule has 7 heteroatoms. The van der Waals surface area contributed by atoms with Gasteiger partial charge in [-0.3, -0.25) is 4.79 Å². The summed E-state index contributed by atoms with van der Waals surface area (Å²) in [5, 5.41) is 20.9. The van der Waals surface area contributed by atoms with Gasteiger partial charge in [-0.05, 0) is 65.8 Å². The van der Waals surface area contributed by atoms with Crippen LogP contribution < -0.4 is 11.5 Å². The number of hydrogen-bond acceptors (Lipinski definition) is 5. The van der Waals surface area contributed by atoms with Crippen LogP contribution in [-0.4, -0.2) is 22.0 Å². The van der Waals surface area contributed by atoms with Gasteiger partial charge in [-0.1, -0.05) is 24.3 Å². The molecule has 0 aliphatic rings. The van der Waals surface area contributed by atoms with Crippen LogP contribution in [0.2, 0.25) is 0 Å². The number of thiophene rings is 1. The summed E-state index contributed by atoms with van der Waals surface area (Å²) in [6.45, 7) is 0. The molecule has 6 N–H and O–H groups in total. The summed E-state index contributed by atoms with van der Waals surface area (Å²) in [4.78, 5) is 17.1. The van der Waals surface area contributed by atoms with Crippen molar-refractivity contribution in [3.05, 3.63) is 81.6 Å². The molecule has 0 radical (unpaired) electrons. The number of aryl methyl sites for hydroxylation is 1. The molecule has 0 aliphatic heterocycles. The fourth-order valence-electron chi connectivity index (χ4n) is 2.73. The number of hydrogen-bond donors (Lipinski definition) is 4. The van der Waals surface area contributed by atoms with Gasteiger partial charge in [0.15, 0.2) is 11.5 Å². The van der Waals surface area contributed by atoms with Gasteiger partial charge in [0, 0.05) is 5.57 Å². The van der Waals surface area contributed by atoms with E-state index in [1.165, 1.54) is 23.5 Å². The quantitative estimate of drug-likeness (QED) is 0.206. The molecule has 3 rings (SSSR count). The van der Waals surface area contributed by atoms with E-state index >= 15 is 0 Å². The molecule has 1 aromatic heterocycles. The van der Waals surface area contributed by atoms with Crippen LogP contribution >= 0.6 is 11.3 Å². The van der Waals surface area contributed by atoms with E-state index in [1.54, 1.807) is 12.1 Å². The van der Waals surface area contributed by atoms with Crippen LogP contribution in [0.4, 0.5) is 5.69 Å². The van der Waals surface area contributed by atoms with E-state index in [2.05, 4.69) is 4.99 Å². The molecular weight excluding hydrogens is 386 g/mol. The maximum Gasteiger partial charge on any atom is 0.244 e. The van der Waals surface area contributed by atoms with E-state index in [0.717, 1.165) is 16.1 Å². The van der Waals surface area contributed by atoms with E-state index in [0.29, 0.717) is 29.8 Å². The van der Waals surface area contributed by atoms with Gasteiger partial charge >= 0.3 is 0 Å². The number of phenolic OH excluding ortho intramolecular Hbond substituents is 2. The Bertz CT molecular complexity index is 1060. The van der Waals surface area contributed by atoms with Crippen molar-refractivity contribution < 1.29 is 15.0 Å². The fourth-order valence-corrected chi connectivity index (χ4v) is 3.36. The van der Waals surface area contributed by atoms with Crippen molar-refractivity contribution in [2.75, 3.05) is 0 Å². The standard InChI is InChI=1S/C22H21N3O3S/c23-21(20-2-1-11-29-20)25-17-8-4-14(5-9-17)3-7-16(22(24)28)12-15-6-10-18(26)19(27)13-15/h1-2,4-6,8-13,26-27H,3,7H2,(H2,23,25)(H2,24,28). The summed E-state index contributed by atoms with van der Waals surface area (Å²) in [5.74, 6) is -0.517. The Balaban J connectivity index is 1.68. The number of phenols is 2. The molecule has 1 heterocycles. The lowest BCUT2D eigenvalue weighted by Gasteiger charge is -2.06. The Labute approximate surface area is 172 Å². The monoisotopic (exact) mass is 407 g/mol. The van der Waals surface area contributed by atoms with Crippen LogP contribution in [0, 0.1) is 0 Å². The van der Waals surface area contributed by atoms with Crippen molar-refractivity contribution in [2.45, 2.75) is 12.8 Å². The highest BCUT2D eigenvalue weighted by atomic mass is 32.1. The van der Waals surface area contributed by atoms with E-state index in [1.807, 2.05) is 41.8 Å². The zero-order valence-corrected chi connectivity index (χ0v) is 16.4. The summed E-state index contributed by atoms with van der Waals surface area (Å²) in [5.41, 5.74) is 14.3. The Morgan fingerprint density at radius 3 is 2.41 bits per heavy atom. The van der Waals surface area contributed by atoms with E-state index in [4.69, 9.17) is 11.5 Å². The number of carbonyl (C=O) groups is 1. The number of carbonyl (C=O) groups excluding carboxylic acids is 1. The molecule has 1 amide bonds. The van der Waals surface area contributed by atoms with Gasteiger partial charge in [0.05, 0.1) is 10.6 Å². The summed E-state index contributed by atoms with van der Waals surface area (Å²) >= 11 is 1.53. The maximum absolute atomic E-state index is 11.8. The van der Waals surface area contributed by atoms with Gasteiger partial charge in [-0.2, -0.15) is 0 Å². The molecule has 0 aliphatic carbocycles. The number of nitrogens with zero attached hydrogens (tertiary/aromatic N) is 1. The molecule has 0 fully saturated rings. The third kappa shape index (κ3) is 5.46. The first-order valence-electron chi connectivity index (χ1n) is 8.91. The van der Waals surface area contributed by atoms with Gasteiger partial charge in [0.1, 0.15) is 5.84 Å². The summed E-state index contributed by atoms with van der Waals surface area (Å²) in [6.07, 6.45) is 2.67. The molecule has 0 spiro atoms. The molecule has 148 valence electrons. The zero-order chi connectivity index (χ0) is 20.8. The Morgan fingerprint density at radius 1 is 1.03 bits per heavy atom. The molecule has 29 heavy (non-hydrogen) atoms. The third-order valence-electron chi connectivity index (χ3n) is 4.30. The Kier molecular flexibility index (Phi) is 6.31. The number of benzene rings is 2. The molecule has 2 aromatic carbocycles. The largest absolute Gasteiger partial charge is 0.504 e. The SMILES string of the molecule is NC(=O)C(=Cc1ccc(O)c(O)c1)CCc1ccc(N=C(N)c2cccs2)cc1. The predicted molar refractivity (Wildman–Crippen MR) is 116 cm³/mol. The predicted octanol–water partition coefficient (Wildman–Crippen LogP) is 3.70. The summed E-state index contributed by atoms with van der Waals surface area (Å²) in [6, 6.07) is 15.8. The van der Waals surface area contributed by atoms with Gasteiger partial charge in [-0.15, -0.1) is 11.3 Å². The second kappa shape index (κ2) is 9.07. The number of primary amides is 1. The minimum absolute atomic E-state index is 0.217. The summed E-state index contributed by atoms with van der Waals surface area (Å²) in [7, 11) is 0. The van der Waals surface area contributed by atoms with Crippen LogP contribution in [0.1, 0.15) is 22.4 Å². The van der Waals surface area contributed by atoms with E-state index < -0.39 is 5.91 Å². The number of aliphatic imine (C=N–C) groups is 1. The van der Waals surface area contributed by atoms with Gasteiger partial charge in [0.2, 0.25) is 5.91 Å². The second-order valence-corrected chi connectivity index (χ2v) is 7.37. The van der Waals surface area contributed by atoms with Crippen molar-refractivity contribution in [3.8, 4) is 11.5 Å². The smallest absolute Gasteiger partial charge is 0.244 e. The van der Waals surface area contributed by atoms with E-state index in [9.17, 15) is 15.0 Å². The fraction of sp³-hybridized carbons (Fsp3) is 0.0909. The highest BCUT2D eigenvalue weighted by molar-refractivity contribution is 7.12. The lowest BCUT2D eigenvalue weighted by atomic mass is 10.0. The number of rotatable bonds is 7. The van der Waals surface area contributed by atoms with Crippen molar-refractivity contribution >= 4 is 34.8 Å². The number of aromatic hydroxyl groups is 2. The summed E-state index contributed by atoms with van der Waals surface area (Å²) < 4.78 is 0. The maximum atomic E-state index is 11.8. The average Bonchev–Trinajstić information content (AvgIpc) is 3.24. The second-order valence-electron chi connectivity index (χ2n) is 6.42. The van der Waals surface area contributed by atoms with Crippen molar-refractivity contribution in [2.24, 2.45) is 16.5 Å². The Morgan fingerprint density at radius 2 is 1.79 bits per heavy atom. The molecule has 0 saturated heterocycles. The van der Waals surface area contributed by atoms with Crippen LogP contribution in [0.15, 0.2) is 70.5 Å². The lowest BCUT2D eigenvalue weighted by Crippen LogP contribution is -2.14. The highest BCUT2D eigenvalue weighted by Gasteiger charge is 2.08. The molecule has 0 bridgehead atoms.